The first kappa shape index (κ1) is 17.1. The van der Waals surface area contributed by atoms with Crippen molar-refractivity contribution in [3.63, 3.8) is 0 Å². The van der Waals surface area contributed by atoms with Crippen LogP contribution in [0.2, 0.25) is 0 Å². The van der Waals surface area contributed by atoms with Crippen molar-refractivity contribution >= 4 is 21.1 Å². The number of benzene rings is 1. The van der Waals surface area contributed by atoms with E-state index in [0.29, 0.717) is 31.7 Å². The van der Waals surface area contributed by atoms with Gasteiger partial charge in [-0.25, -0.2) is 13.0 Å². The number of hydrogen-bond acceptors (Lipinski definition) is 7. The molecule has 0 spiro atoms. The van der Waals surface area contributed by atoms with Gasteiger partial charge in [0.25, 0.3) is 0 Å². The van der Waals surface area contributed by atoms with E-state index in [0.717, 1.165) is 12.2 Å². The first-order valence-electron chi connectivity index (χ1n) is 8.38. The molecule has 0 aliphatic carbocycles. The summed E-state index contributed by atoms with van der Waals surface area (Å²) in [5, 5.41) is 11.8. The Balaban J connectivity index is 1.49. The Morgan fingerprint density at radius 1 is 1.15 bits per heavy atom. The molecule has 0 amide bonds. The zero-order valence-electron chi connectivity index (χ0n) is 14.7. The summed E-state index contributed by atoms with van der Waals surface area (Å²) in [4.78, 5) is 2.39. The average Bonchev–Trinajstić information content (AvgIpc) is 3.21. The largest absolute Gasteiger partial charge is 0.296 e. The minimum atomic E-state index is -3.63. The molecule has 3 aromatic rings. The maximum Gasteiger partial charge on any atom is 0.245 e. The van der Waals surface area contributed by atoms with Crippen LogP contribution in [0.5, 0.6) is 0 Å². The van der Waals surface area contributed by atoms with E-state index in [1.807, 2.05) is 20.2 Å². The highest BCUT2D eigenvalue weighted by Gasteiger charge is 2.31. The molecule has 26 heavy (non-hydrogen) atoms. The second-order valence-corrected chi connectivity index (χ2v) is 8.39. The van der Waals surface area contributed by atoms with Gasteiger partial charge >= 0.3 is 0 Å². The monoisotopic (exact) mass is 376 g/mol. The predicted octanol–water partition coefficient (Wildman–Crippen LogP) is 0.771. The molecule has 2 aromatic heterocycles. The third kappa shape index (κ3) is 3.00. The quantitative estimate of drug-likeness (QED) is 0.663. The fourth-order valence-electron chi connectivity index (χ4n) is 3.30. The minimum absolute atomic E-state index is 0.146. The zero-order chi connectivity index (χ0) is 18.3. The van der Waals surface area contributed by atoms with Crippen LogP contribution in [0.4, 0.5) is 0 Å². The Morgan fingerprint density at radius 2 is 1.92 bits per heavy atom. The van der Waals surface area contributed by atoms with Crippen LogP contribution in [-0.4, -0.2) is 63.9 Å². The second-order valence-electron chi connectivity index (χ2n) is 6.48. The van der Waals surface area contributed by atoms with E-state index in [1.165, 1.54) is 9.87 Å². The van der Waals surface area contributed by atoms with Gasteiger partial charge in [0, 0.05) is 51.5 Å². The number of nitrogens with zero attached hydrogens (tertiary/aromatic N) is 6. The molecule has 0 N–H and O–H groups in total. The van der Waals surface area contributed by atoms with E-state index < -0.39 is 10.0 Å². The fourth-order valence-corrected chi connectivity index (χ4v) is 4.86. The molecule has 0 atom stereocenters. The first-order chi connectivity index (χ1) is 12.4. The molecule has 3 heterocycles. The van der Waals surface area contributed by atoms with Crippen LogP contribution in [0, 0.1) is 6.92 Å². The van der Waals surface area contributed by atoms with E-state index in [2.05, 4.69) is 24.9 Å². The van der Waals surface area contributed by atoms with Crippen LogP contribution in [-0.2, 0) is 23.6 Å². The Hall–Kier alpha value is -2.30. The topological polar surface area (TPSA) is 97.4 Å². The smallest absolute Gasteiger partial charge is 0.245 e. The SMILES string of the molecule is Cc1nn(C)cc1CN1CCN(S(=O)(=O)c2cccc3nonc23)CC1. The molecule has 1 aliphatic rings. The van der Waals surface area contributed by atoms with Crippen LogP contribution in [0.15, 0.2) is 33.9 Å². The summed E-state index contributed by atoms with van der Waals surface area (Å²) in [6, 6.07) is 4.88. The van der Waals surface area contributed by atoms with E-state index in [-0.39, 0.29) is 10.4 Å². The van der Waals surface area contributed by atoms with E-state index >= 15 is 0 Å². The number of aryl methyl sites for hydroxylation is 2. The van der Waals surface area contributed by atoms with Crippen molar-refractivity contribution < 1.29 is 13.0 Å². The van der Waals surface area contributed by atoms with Crippen molar-refractivity contribution in [3.05, 3.63) is 35.7 Å². The average molecular weight is 376 g/mol. The lowest BCUT2D eigenvalue weighted by molar-refractivity contribution is 0.181. The van der Waals surface area contributed by atoms with Gasteiger partial charge in [0.15, 0.2) is 5.52 Å². The van der Waals surface area contributed by atoms with Gasteiger partial charge in [0.1, 0.15) is 10.4 Å². The Labute approximate surface area is 151 Å². The highest BCUT2D eigenvalue weighted by molar-refractivity contribution is 7.89. The molecule has 0 unspecified atom stereocenters. The number of sulfonamides is 1. The number of piperazine rings is 1. The van der Waals surface area contributed by atoms with Gasteiger partial charge in [-0.05, 0) is 29.4 Å². The highest BCUT2D eigenvalue weighted by Crippen LogP contribution is 2.24. The van der Waals surface area contributed by atoms with Crippen molar-refractivity contribution in [2.24, 2.45) is 7.05 Å². The van der Waals surface area contributed by atoms with Crippen LogP contribution in [0.1, 0.15) is 11.3 Å². The van der Waals surface area contributed by atoms with Gasteiger partial charge < -0.3 is 0 Å². The van der Waals surface area contributed by atoms with Crippen molar-refractivity contribution in [2.45, 2.75) is 18.4 Å². The van der Waals surface area contributed by atoms with Gasteiger partial charge in [-0.3, -0.25) is 9.58 Å². The molecule has 1 fully saturated rings. The Morgan fingerprint density at radius 3 is 2.62 bits per heavy atom. The van der Waals surface area contributed by atoms with Crippen molar-refractivity contribution in [3.8, 4) is 0 Å². The van der Waals surface area contributed by atoms with Crippen molar-refractivity contribution in [1.82, 2.24) is 29.3 Å². The standard InChI is InChI=1S/C16H20N6O3S/c1-12-13(10-20(2)17-12)11-21-6-8-22(9-7-21)26(23,24)15-5-3-4-14-16(15)19-25-18-14/h3-5,10H,6-9,11H2,1-2H3. The maximum atomic E-state index is 13.0. The first-order valence-corrected chi connectivity index (χ1v) is 9.82. The van der Waals surface area contributed by atoms with Crippen LogP contribution >= 0.6 is 0 Å². The number of rotatable bonds is 4. The van der Waals surface area contributed by atoms with Crippen molar-refractivity contribution in [1.29, 1.82) is 0 Å². The molecule has 10 heteroatoms. The fraction of sp³-hybridized carbons (Fsp3) is 0.438. The van der Waals surface area contributed by atoms with Crippen LogP contribution in [0.25, 0.3) is 11.0 Å². The number of fused-ring (bicyclic) bond motifs is 1. The molecule has 1 aromatic carbocycles. The van der Waals surface area contributed by atoms with Gasteiger partial charge in [0.2, 0.25) is 10.0 Å². The molecular formula is C16H20N6O3S. The van der Waals surface area contributed by atoms with E-state index in [1.54, 1.807) is 22.9 Å². The molecule has 0 radical (unpaired) electrons. The minimum Gasteiger partial charge on any atom is -0.296 e. The number of aromatic nitrogens is 4. The maximum absolute atomic E-state index is 13.0. The van der Waals surface area contributed by atoms with Crippen LogP contribution < -0.4 is 0 Å². The summed E-state index contributed by atoms with van der Waals surface area (Å²) >= 11 is 0. The molecule has 0 bridgehead atoms. The summed E-state index contributed by atoms with van der Waals surface area (Å²) in [5.41, 5.74) is 2.90. The Bertz CT molecular complexity index is 1030. The summed E-state index contributed by atoms with van der Waals surface area (Å²) in [7, 11) is -1.73. The van der Waals surface area contributed by atoms with E-state index in [4.69, 9.17) is 0 Å². The lowest BCUT2D eigenvalue weighted by atomic mass is 10.2. The van der Waals surface area contributed by atoms with Gasteiger partial charge in [-0.15, -0.1) is 0 Å². The van der Waals surface area contributed by atoms with Crippen LogP contribution in [0.3, 0.4) is 0 Å². The molecular weight excluding hydrogens is 356 g/mol. The highest BCUT2D eigenvalue weighted by atomic mass is 32.2. The predicted molar refractivity (Wildman–Crippen MR) is 93.8 cm³/mol. The lowest BCUT2D eigenvalue weighted by Crippen LogP contribution is -2.48. The third-order valence-electron chi connectivity index (χ3n) is 4.71. The molecule has 9 nitrogen and oxygen atoms in total. The lowest BCUT2D eigenvalue weighted by Gasteiger charge is -2.33. The molecule has 0 saturated carbocycles. The van der Waals surface area contributed by atoms with Gasteiger partial charge in [-0.1, -0.05) is 6.07 Å². The molecule has 1 saturated heterocycles. The molecule has 1 aliphatic heterocycles. The zero-order valence-corrected chi connectivity index (χ0v) is 15.5. The number of hydrogen-bond donors (Lipinski definition) is 0. The summed E-state index contributed by atoms with van der Waals surface area (Å²) in [6.07, 6.45) is 2.01. The summed E-state index contributed by atoms with van der Waals surface area (Å²) in [5.74, 6) is 0. The van der Waals surface area contributed by atoms with Gasteiger partial charge in [0.05, 0.1) is 5.69 Å². The summed E-state index contributed by atoms with van der Waals surface area (Å²) < 4.78 is 34.0. The van der Waals surface area contributed by atoms with Crippen molar-refractivity contribution in [2.75, 3.05) is 26.2 Å². The third-order valence-corrected chi connectivity index (χ3v) is 6.64. The second kappa shape index (κ2) is 6.45. The summed E-state index contributed by atoms with van der Waals surface area (Å²) in [6.45, 7) is 4.97. The van der Waals surface area contributed by atoms with Gasteiger partial charge in [-0.2, -0.15) is 9.40 Å². The normalized spacial score (nSPS) is 17.2. The molecule has 138 valence electrons. The van der Waals surface area contributed by atoms with E-state index in [9.17, 15) is 8.42 Å². The molecule has 4 rings (SSSR count). The Kier molecular flexibility index (Phi) is 4.25.